The predicted molar refractivity (Wildman–Crippen MR) is 68.3 cm³/mol. The quantitative estimate of drug-likeness (QED) is 0.448. The van der Waals surface area contributed by atoms with Crippen LogP contribution in [0.5, 0.6) is 5.75 Å². The van der Waals surface area contributed by atoms with Crippen LogP contribution in [-0.4, -0.2) is 31.5 Å². The van der Waals surface area contributed by atoms with Gasteiger partial charge < -0.3 is 15.4 Å². The van der Waals surface area contributed by atoms with Gasteiger partial charge in [-0.3, -0.25) is 9.59 Å². The Labute approximate surface area is 111 Å². The highest BCUT2D eigenvalue weighted by molar-refractivity contribution is 6.35. The minimum Gasteiger partial charge on any atom is -0.492 e. The SMILES string of the molecule is Cc1cccc(OCCNC(=O)C(=O)NCC#N)c1. The van der Waals surface area contributed by atoms with Crippen molar-refractivity contribution >= 4 is 11.8 Å². The molecule has 2 amide bonds. The third-order valence-electron chi connectivity index (χ3n) is 2.18. The van der Waals surface area contributed by atoms with E-state index in [9.17, 15) is 9.59 Å². The number of nitriles is 1. The van der Waals surface area contributed by atoms with E-state index >= 15 is 0 Å². The molecule has 0 atom stereocenters. The van der Waals surface area contributed by atoms with Gasteiger partial charge in [-0.05, 0) is 24.6 Å². The molecule has 0 bridgehead atoms. The first kappa shape index (κ1) is 14.5. The van der Waals surface area contributed by atoms with E-state index in [1.165, 1.54) is 0 Å². The van der Waals surface area contributed by atoms with Crippen LogP contribution in [0, 0.1) is 18.3 Å². The van der Waals surface area contributed by atoms with Crippen LogP contribution in [0.25, 0.3) is 0 Å². The number of aryl methyl sites for hydroxylation is 1. The van der Waals surface area contributed by atoms with Crippen molar-refractivity contribution < 1.29 is 14.3 Å². The molecule has 1 aromatic carbocycles. The van der Waals surface area contributed by atoms with Crippen LogP contribution < -0.4 is 15.4 Å². The summed E-state index contributed by atoms with van der Waals surface area (Å²) in [6.07, 6.45) is 0. The van der Waals surface area contributed by atoms with Crippen LogP contribution >= 0.6 is 0 Å². The second-order valence-electron chi connectivity index (χ2n) is 3.76. The summed E-state index contributed by atoms with van der Waals surface area (Å²) in [6, 6.07) is 9.23. The summed E-state index contributed by atoms with van der Waals surface area (Å²) < 4.78 is 5.40. The van der Waals surface area contributed by atoms with E-state index in [0.717, 1.165) is 5.56 Å². The third kappa shape index (κ3) is 5.55. The Morgan fingerprint density at radius 1 is 1.32 bits per heavy atom. The van der Waals surface area contributed by atoms with Crippen LogP contribution in [0.4, 0.5) is 0 Å². The van der Waals surface area contributed by atoms with E-state index in [-0.39, 0.29) is 19.7 Å². The monoisotopic (exact) mass is 261 g/mol. The average molecular weight is 261 g/mol. The second-order valence-corrected chi connectivity index (χ2v) is 3.76. The molecule has 0 radical (unpaired) electrons. The zero-order valence-electron chi connectivity index (χ0n) is 10.6. The highest BCUT2D eigenvalue weighted by Crippen LogP contribution is 2.11. The van der Waals surface area contributed by atoms with Crippen molar-refractivity contribution in [3.63, 3.8) is 0 Å². The number of amides is 2. The number of nitrogens with zero attached hydrogens (tertiary/aromatic N) is 1. The van der Waals surface area contributed by atoms with Crippen molar-refractivity contribution in [3.8, 4) is 11.8 Å². The van der Waals surface area contributed by atoms with Gasteiger partial charge in [0, 0.05) is 0 Å². The number of carbonyl (C=O) groups excluding carboxylic acids is 2. The number of nitrogens with one attached hydrogen (secondary N) is 2. The lowest BCUT2D eigenvalue weighted by Crippen LogP contribution is -2.41. The third-order valence-corrected chi connectivity index (χ3v) is 2.18. The highest BCUT2D eigenvalue weighted by atomic mass is 16.5. The van der Waals surface area contributed by atoms with E-state index in [1.54, 1.807) is 6.07 Å². The molecule has 2 N–H and O–H groups in total. The fraction of sp³-hybridized carbons (Fsp3) is 0.308. The lowest BCUT2D eigenvalue weighted by molar-refractivity contribution is -0.139. The standard InChI is InChI=1S/C13H15N3O3/c1-10-3-2-4-11(9-10)19-8-7-16-13(18)12(17)15-6-5-14/h2-4,9H,6-8H2,1H3,(H,15,17)(H,16,18). The Hall–Kier alpha value is -2.55. The van der Waals surface area contributed by atoms with Crippen molar-refractivity contribution in [3.05, 3.63) is 29.8 Å². The molecule has 0 aliphatic rings. The molecule has 0 fully saturated rings. The van der Waals surface area contributed by atoms with Gasteiger partial charge in [0.25, 0.3) is 0 Å². The van der Waals surface area contributed by atoms with Crippen molar-refractivity contribution in [2.75, 3.05) is 19.7 Å². The Kier molecular flexibility index (Phi) is 5.89. The summed E-state index contributed by atoms with van der Waals surface area (Å²) in [5.41, 5.74) is 1.08. The van der Waals surface area contributed by atoms with Gasteiger partial charge in [-0.2, -0.15) is 5.26 Å². The maximum Gasteiger partial charge on any atom is 0.310 e. The minimum absolute atomic E-state index is 0.188. The molecule has 0 aliphatic carbocycles. The summed E-state index contributed by atoms with van der Waals surface area (Å²) in [7, 11) is 0. The molecule has 0 spiro atoms. The van der Waals surface area contributed by atoms with Crippen molar-refractivity contribution in [1.82, 2.24) is 10.6 Å². The summed E-state index contributed by atoms with van der Waals surface area (Å²) in [4.78, 5) is 22.3. The van der Waals surface area contributed by atoms with E-state index in [0.29, 0.717) is 5.75 Å². The summed E-state index contributed by atoms with van der Waals surface area (Å²) in [6.45, 7) is 2.24. The number of rotatable bonds is 5. The predicted octanol–water partition coefficient (Wildman–Crippen LogP) is 0.130. The van der Waals surface area contributed by atoms with Crippen LogP contribution in [-0.2, 0) is 9.59 Å². The van der Waals surface area contributed by atoms with Crippen LogP contribution in [0.15, 0.2) is 24.3 Å². The first-order valence-corrected chi connectivity index (χ1v) is 5.76. The number of ether oxygens (including phenoxy) is 1. The molecule has 100 valence electrons. The van der Waals surface area contributed by atoms with E-state index in [1.807, 2.05) is 31.2 Å². The van der Waals surface area contributed by atoms with Crippen LogP contribution in [0.1, 0.15) is 5.56 Å². The Bertz CT molecular complexity index is 494. The number of carbonyl (C=O) groups is 2. The van der Waals surface area contributed by atoms with Crippen molar-refractivity contribution in [2.24, 2.45) is 0 Å². The minimum atomic E-state index is -0.822. The molecule has 0 heterocycles. The Morgan fingerprint density at radius 3 is 2.74 bits per heavy atom. The summed E-state index contributed by atoms with van der Waals surface area (Å²) in [5.74, 6) is -0.886. The highest BCUT2D eigenvalue weighted by Gasteiger charge is 2.11. The maximum atomic E-state index is 11.2. The molecule has 0 aliphatic heterocycles. The summed E-state index contributed by atoms with van der Waals surface area (Å²) in [5, 5.41) is 12.8. The molecule has 1 aromatic rings. The molecule has 1 rings (SSSR count). The Balaban J connectivity index is 2.22. The van der Waals surface area contributed by atoms with E-state index in [4.69, 9.17) is 10.00 Å². The second kappa shape index (κ2) is 7.71. The van der Waals surface area contributed by atoms with Crippen molar-refractivity contribution in [1.29, 1.82) is 5.26 Å². The fourth-order valence-electron chi connectivity index (χ4n) is 1.32. The van der Waals surface area contributed by atoms with Gasteiger partial charge in [0.05, 0.1) is 12.6 Å². The number of benzene rings is 1. The van der Waals surface area contributed by atoms with Gasteiger partial charge in [-0.15, -0.1) is 0 Å². The molecular weight excluding hydrogens is 246 g/mol. The number of hydrogen-bond donors (Lipinski definition) is 2. The van der Waals surface area contributed by atoms with Gasteiger partial charge >= 0.3 is 11.8 Å². The molecule has 6 heteroatoms. The zero-order chi connectivity index (χ0) is 14.1. The Morgan fingerprint density at radius 2 is 2.05 bits per heavy atom. The lowest BCUT2D eigenvalue weighted by atomic mass is 10.2. The smallest absolute Gasteiger partial charge is 0.310 e. The zero-order valence-corrected chi connectivity index (χ0v) is 10.6. The first-order valence-electron chi connectivity index (χ1n) is 5.76. The normalized spacial score (nSPS) is 9.26. The van der Waals surface area contributed by atoms with Gasteiger partial charge in [-0.1, -0.05) is 12.1 Å². The fourth-order valence-corrected chi connectivity index (χ4v) is 1.32. The molecule has 19 heavy (non-hydrogen) atoms. The van der Waals surface area contributed by atoms with Gasteiger partial charge in [-0.25, -0.2) is 0 Å². The van der Waals surface area contributed by atoms with Crippen molar-refractivity contribution in [2.45, 2.75) is 6.92 Å². The molecule has 0 aromatic heterocycles. The van der Waals surface area contributed by atoms with Gasteiger partial charge in [0.2, 0.25) is 0 Å². The molecule has 6 nitrogen and oxygen atoms in total. The van der Waals surface area contributed by atoms with Gasteiger partial charge in [0.15, 0.2) is 0 Å². The van der Waals surface area contributed by atoms with Gasteiger partial charge in [0.1, 0.15) is 18.9 Å². The molecule has 0 saturated heterocycles. The molecule has 0 unspecified atom stereocenters. The average Bonchev–Trinajstić information content (AvgIpc) is 2.40. The topological polar surface area (TPSA) is 91.2 Å². The number of hydrogen-bond acceptors (Lipinski definition) is 4. The lowest BCUT2D eigenvalue weighted by Gasteiger charge is -2.07. The first-order chi connectivity index (χ1) is 9.13. The maximum absolute atomic E-state index is 11.2. The largest absolute Gasteiger partial charge is 0.492 e. The molecular formula is C13H15N3O3. The van der Waals surface area contributed by atoms with E-state index < -0.39 is 11.8 Å². The van der Waals surface area contributed by atoms with Crippen LogP contribution in [0.2, 0.25) is 0 Å². The van der Waals surface area contributed by atoms with Crippen LogP contribution in [0.3, 0.4) is 0 Å². The van der Waals surface area contributed by atoms with E-state index in [2.05, 4.69) is 10.6 Å². The summed E-state index contributed by atoms with van der Waals surface area (Å²) >= 11 is 0. The molecule has 0 saturated carbocycles.